The SMILES string of the molecule is CSCC(=O)[C@@]1(C)C(C)CC2C3C[C@H](C)C4=CC(=O)CC[C@]4(C)[C@@]3(C)[C@@H](O)C[C@@]21C.O=C1CCCO1. The normalized spacial score (nSPS) is 47.6. The van der Waals surface area contributed by atoms with E-state index >= 15 is 0 Å². The lowest BCUT2D eigenvalue weighted by Gasteiger charge is -2.68. The predicted octanol–water partition coefficient (Wildman–Crippen LogP) is 5.63. The Hall–Kier alpha value is -1.14. The molecule has 1 saturated heterocycles. The molecule has 1 heterocycles. The molecule has 3 unspecified atom stereocenters. The fourth-order valence-electron chi connectivity index (χ4n) is 9.31. The molecule has 1 N–H and O–H groups in total. The number of carbonyl (C=O) groups is 3. The van der Waals surface area contributed by atoms with Crippen LogP contribution < -0.4 is 0 Å². The number of hydrogen-bond acceptors (Lipinski definition) is 6. The number of ether oxygens (including phenoxy) is 1. The molecule has 0 radical (unpaired) electrons. The second-order valence-electron chi connectivity index (χ2n) is 13.2. The summed E-state index contributed by atoms with van der Waals surface area (Å²) in [7, 11) is 0. The third kappa shape index (κ3) is 3.79. The first-order valence-corrected chi connectivity index (χ1v) is 15.3. The van der Waals surface area contributed by atoms with Gasteiger partial charge in [-0.1, -0.05) is 47.1 Å². The topological polar surface area (TPSA) is 80.7 Å². The van der Waals surface area contributed by atoms with Crippen molar-refractivity contribution in [2.24, 2.45) is 45.3 Å². The van der Waals surface area contributed by atoms with E-state index in [4.69, 9.17) is 0 Å². The molecule has 6 heteroatoms. The van der Waals surface area contributed by atoms with Crippen LogP contribution in [0.5, 0.6) is 0 Å². The number of carbonyl (C=O) groups excluding carboxylic acids is 3. The van der Waals surface area contributed by atoms with Crippen LogP contribution in [0.25, 0.3) is 0 Å². The maximum absolute atomic E-state index is 13.4. The number of cyclic esters (lactones) is 1. The van der Waals surface area contributed by atoms with Gasteiger partial charge in [-0.25, -0.2) is 0 Å². The lowest BCUT2D eigenvalue weighted by molar-refractivity contribution is -0.205. The van der Waals surface area contributed by atoms with Crippen molar-refractivity contribution in [3.63, 3.8) is 0 Å². The molecular formula is C30H46O5S. The zero-order valence-corrected chi connectivity index (χ0v) is 24.1. The highest BCUT2D eigenvalue weighted by Gasteiger charge is 2.72. The summed E-state index contributed by atoms with van der Waals surface area (Å²) in [6.45, 7) is 14.3. The summed E-state index contributed by atoms with van der Waals surface area (Å²) >= 11 is 1.62. The van der Waals surface area contributed by atoms with Crippen LogP contribution in [0.4, 0.5) is 0 Å². The van der Waals surface area contributed by atoms with Gasteiger partial charge in [0.15, 0.2) is 5.78 Å². The maximum atomic E-state index is 13.4. The number of thioether (sulfide) groups is 1. The zero-order chi connectivity index (χ0) is 26.7. The average Bonchev–Trinajstić information content (AvgIpc) is 3.37. The van der Waals surface area contributed by atoms with Crippen LogP contribution in [0.1, 0.15) is 86.5 Å². The predicted molar refractivity (Wildman–Crippen MR) is 143 cm³/mol. The quantitative estimate of drug-likeness (QED) is 0.488. The van der Waals surface area contributed by atoms with Gasteiger partial charge >= 0.3 is 5.97 Å². The van der Waals surface area contributed by atoms with E-state index in [-0.39, 0.29) is 33.4 Å². The number of aliphatic hydroxyl groups is 1. The first-order valence-electron chi connectivity index (χ1n) is 13.9. The molecule has 0 aromatic rings. The molecule has 4 aliphatic carbocycles. The van der Waals surface area contributed by atoms with Crippen LogP contribution in [0.15, 0.2) is 11.6 Å². The second-order valence-corrected chi connectivity index (χ2v) is 14.1. The van der Waals surface area contributed by atoms with Gasteiger partial charge in [-0.15, -0.1) is 0 Å². The van der Waals surface area contributed by atoms with E-state index in [2.05, 4.69) is 46.3 Å². The van der Waals surface area contributed by atoms with E-state index in [0.29, 0.717) is 61.1 Å². The molecule has 0 bridgehead atoms. The van der Waals surface area contributed by atoms with Crippen LogP contribution in [-0.2, 0) is 19.1 Å². The van der Waals surface area contributed by atoms with Gasteiger partial charge in [0.05, 0.1) is 18.5 Å². The molecule has 5 rings (SSSR count). The van der Waals surface area contributed by atoms with E-state index in [0.717, 1.165) is 25.7 Å². The second kappa shape index (κ2) is 9.55. The Morgan fingerprint density at radius 3 is 2.36 bits per heavy atom. The number of hydrogen-bond donors (Lipinski definition) is 1. The van der Waals surface area contributed by atoms with Gasteiger partial charge in [0, 0.05) is 23.7 Å². The lowest BCUT2D eigenvalue weighted by Crippen LogP contribution is -2.65. The number of Topliss-reactive ketones (excluding diaryl/α,β-unsaturated/α-hetero) is 1. The number of ketones is 2. The summed E-state index contributed by atoms with van der Waals surface area (Å²) in [5.41, 5.74) is 0.322. The van der Waals surface area contributed by atoms with Crippen molar-refractivity contribution >= 4 is 29.3 Å². The summed E-state index contributed by atoms with van der Waals surface area (Å²) in [4.78, 5) is 35.7. The van der Waals surface area contributed by atoms with Gasteiger partial charge in [0.25, 0.3) is 0 Å². The molecule has 5 aliphatic rings. The molecule has 0 amide bonds. The van der Waals surface area contributed by atoms with E-state index < -0.39 is 6.10 Å². The monoisotopic (exact) mass is 518 g/mol. The van der Waals surface area contributed by atoms with Crippen molar-refractivity contribution in [3.05, 3.63) is 11.6 Å². The highest BCUT2D eigenvalue weighted by molar-refractivity contribution is 7.99. The number of aliphatic hydroxyl groups excluding tert-OH is 1. The number of esters is 1. The Morgan fingerprint density at radius 2 is 1.81 bits per heavy atom. The van der Waals surface area contributed by atoms with Crippen LogP contribution >= 0.6 is 11.8 Å². The van der Waals surface area contributed by atoms with Crippen molar-refractivity contribution in [3.8, 4) is 0 Å². The minimum atomic E-state index is -0.454. The third-order valence-electron chi connectivity index (χ3n) is 12.0. The van der Waals surface area contributed by atoms with E-state index in [1.165, 1.54) is 5.57 Å². The number of fused-ring (bicyclic) bond motifs is 5. The van der Waals surface area contributed by atoms with Gasteiger partial charge in [-0.05, 0) is 78.9 Å². The van der Waals surface area contributed by atoms with Crippen molar-refractivity contribution < 1.29 is 24.2 Å². The van der Waals surface area contributed by atoms with Crippen LogP contribution in [0.3, 0.4) is 0 Å². The van der Waals surface area contributed by atoms with Crippen LogP contribution in [0, 0.1) is 45.3 Å². The van der Waals surface area contributed by atoms with Crippen molar-refractivity contribution in [1.82, 2.24) is 0 Å². The van der Waals surface area contributed by atoms with Gasteiger partial charge in [-0.3, -0.25) is 14.4 Å². The summed E-state index contributed by atoms with van der Waals surface area (Å²) in [6.07, 6.45) is 9.22. The smallest absolute Gasteiger partial charge is 0.305 e. The summed E-state index contributed by atoms with van der Waals surface area (Å²) in [6, 6.07) is 0. The average molecular weight is 519 g/mol. The molecule has 5 nitrogen and oxygen atoms in total. The van der Waals surface area contributed by atoms with Gasteiger partial charge in [0.1, 0.15) is 5.78 Å². The minimum absolute atomic E-state index is 0.0463. The lowest BCUT2D eigenvalue weighted by atomic mass is 9.37. The Labute approximate surface area is 221 Å². The Morgan fingerprint density at radius 1 is 1.11 bits per heavy atom. The molecule has 0 spiro atoms. The molecular weight excluding hydrogens is 472 g/mol. The molecule has 3 saturated carbocycles. The molecule has 36 heavy (non-hydrogen) atoms. The molecule has 0 aromatic heterocycles. The van der Waals surface area contributed by atoms with Crippen LogP contribution in [-0.4, -0.2) is 47.4 Å². The fourth-order valence-corrected chi connectivity index (χ4v) is 9.87. The van der Waals surface area contributed by atoms with Crippen molar-refractivity contribution in [2.45, 2.75) is 92.6 Å². The van der Waals surface area contributed by atoms with Gasteiger partial charge in [0.2, 0.25) is 0 Å². The van der Waals surface area contributed by atoms with Gasteiger partial charge < -0.3 is 9.84 Å². The standard InChI is InChI=1S/C26H40O3S.C4H6O2/c1-15-10-20-19-11-16(2)25(5,22(29)14-30-7)24(19,4)13-21(28)26(20,6)23(3)9-8-17(27)12-18(15)23;5-4-2-1-3-6-4/h12,15-16,19-21,28H,8-11,13-14H2,1-7H3;1-3H2/t15-,16?,19?,20?,21-,23-,24-,25+,26+;/m0./s1. The maximum Gasteiger partial charge on any atom is 0.305 e. The highest BCUT2D eigenvalue weighted by atomic mass is 32.2. The molecule has 0 aromatic carbocycles. The summed E-state index contributed by atoms with van der Waals surface area (Å²) in [5, 5.41) is 11.8. The van der Waals surface area contributed by atoms with Crippen molar-refractivity contribution in [2.75, 3.05) is 18.6 Å². The van der Waals surface area contributed by atoms with Crippen LogP contribution in [0.2, 0.25) is 0 Å². The first kappa shape index (κ1) is 27.9. The third-order valence-corrected chi connectivity index (χ3v) is 12.5. The van der Waals surface area contributed by atoms with Gasteiger partial charge in [-0.2, -0.15) is 11.8 Å². The Bertz CT molecular complexity index is 951. The summed E-state index contributed by atoms with van der Waals surface area (Å²) in [5.74, 6) is 2.63. The van der Waals surface area contributed by atoms with E-state index in [9.17, 15) is 19.5 Å². The van der Waals surface area contributed by atoms with Crippen molar-refractivity contribution in [1.29, 1.82) is 0 Å². The Balaban J connectivity index is 0.000000445. The molecule has 202 valence electrons. The fraction of sp³-hybridized carbons (Fsp3) is 0.833. The molecule has 9 atom stereocenters. The highest BCUT2D eigenvalue weighted by Crippen LogP contribution is 2.75. The largest absolute Gasteiger partial charge is 0.466 e. The summed E-state index contributed by atoms with van der Waals surface area (Å²) < 4.78 is 4.51. The number of rotatable bonds is 3. The Kier molecular flexibility index (Phi) is 7.40. The zero-order valence-electron chi connectivity index (χ0n) is 23.3. The minimum Gasteiger partial charge on any atom is -0.466 e. The molecule has 4 fully saturated rings. The van der Waals surface area contributed by atoms with E-state index in [1.54, 1.807) is 11.8 Å². The van der Waals surface area contributed by atoms with E-state index in [1.807, 2.05) is 12.3 Å². The molecule has 1 aliphatic heterocycles. The number of allylic oxidation sites excluding steroid dienone is 1. The first-order chi connectivity index (χ1) is 16.8.